The summed E-state index contributed by atoms with van der Waals surface area (Å²) < 4.78 is 18.9. The van der Waals surface area contributed by atoms with Crippen molar-refractivity contribution in [3.63, 3.8) is 0 Å². The molecule has 0 unspecified atom stereocenters. The molecule has 5 heteroatoms. The van der Waals surface area contributed by atoms with Crippen molar-refractivity contribution in [2.45, 2.75) is 6.54 Å². The van der Waals surface area contributed by atoms with Crippen LogP contribution in [0.3, 0.4) is 0 Å². The zero-order valence-electron chi connectivity index (χ0n) is 14.8. The van der Waals surface area contributed by atoms with E-state index < -0.39 is 0 Å². The van der Waals surface area contributed by atoms with Crippen LogP contribution in [0.5, 0.6) is 5.75 Å². The fraction of sp³-hybridized carbons (Fsp3) is 0.136. The van der Waals surface area contributed by atoms with E-state index in [0.29, 0.717) is 13.2 Å². The average molecular weight is 361 g/mol. The molecule has 0 spiro atoms. The third-order valence-electron chi connectivity index (χ3n) is 4.39. The molecule has 2 heterocycles. The number of fused-ring (bicyclic) bond motifs is 1. The Bertz CT molecular complexity index is 1030. The fourth-order valence-corrected chi connectivity index (χ4v) is 3.03. The Morgan fingerprint density at radius 2 is 1.89 bits per heavy atom. The highest BCUT2D eigenvalue weighted by atomic mass is 19.1. The van der Waals surface area contributed by atoms with E-state index in [0.717, 1.165) is 39.9 Å². The molecule has 0 aliphatic carbocycles. The number of rotatable bonds is 7. The molecule has 0 aliphatic heterocycles. The number of aromatic nitrogens is 2. The number of benzene rings is 2. The first-order valence-electron chi connectivity index (χ1n) is 8.89. The molecule has 0 amide bonds. The molecule has 4 rings (SSSR count). The summed E-state index contributed by atoms with van der Waals surface area (Å²) in [7, 11) is 0. The van der Waals surface area contributed by atoms with Crippen LogP contribution in [-0.4, -0.2) is 23.1 Å². The molecule has 2 aromatic heterocycles. The zero-order valence-corrected chi connectivity index (χ0v) is 14.8. The minimum absolute atomic E-state index is 0.237. The van der Waals surface area contributed by atoms with Crippen molar-refractivity contribution >= 4 is 10.9 Å². The molecule has 0 fully saturated rings. The highest BCUT2D eigenvalue weighted by Crippen LogP contribution is 2.23. The number of halogens is 1. The van der Waals surface area contributed by atoms with Crippen molar-refractivity contribution in [2.24, 2.45) is 0 Å². The third kappa shape index (κ3) is 4.15. The largest absolute Gasteiger partial charge is 0.490 e. The molecule has 2 N–H and O–H groups in total. The van der Waals surface area contributed by atoms with E-state index >= 15 is 0 Å². The van der Waals surface area contributed by atoms with E-state index in [1.54, 1.807) is 18.3 Å². The quantitative estimate of drug-likeness (QED) is 0.475. The lowest BCUT2D eigenvalue weighted by atomic mass is 10.1. The number of nitrogens with zero attached hydrogens (tertiary/aromatic N) is 1. The van der Waals surface area contributed by atoms with E-state index in [4.69, 9.17) is 4.74 Å². The van der Waals surface area contributed by atoms with Crippen LogP contribution < -0.4 is 10.1 Å². The SMILES string of the molecule is Fc1ccc(-c2cncc(CNCCOc3cccc4cc[nH]c34)c2)cc1. The van der Waals surface area contributed by atoms with Gasteiger partial charge in [-0.05, 0) is 41.5 Å². The van der Waals surface area contributed by atoms with Gasteiger partial charge in [0.15, 0.2) is 0 Å². The summed E-state index contributed by atoms with van der Waals surface area (Å²) >= 11 is 0. The van der Waals surface area contributed by atoms with Crippen LogP contribution in [-0.2, 0) is 6.54 Å². The maximum absolute atomic E-state index is 13.1. The van der Waals surface area contributed by atoms with Gasteiger partial charge in [-0.2, -0.15) is 0 Å². The van der Waals surface area contributed by atoms with Gasteiger partial charge in [-0.1, -0.05) is 24.3 Å². The van der Waals surface area contributed by atoms with Gasteiger partial charge in [0.25, 0.3) is 0 Å². The summed E-state index contributed by atoms with van der Waals surface area (Å²) in [6.07, 6.45) is 5.54. The number of hydrogen-bond acceptors (Lipinski definition) is 3. The molecule has 0 aliphatic rings. The van der Waals surface area contributed by atoms with Gasteiger partial charge in [0.1, 0.15) is 18.2 Å². The van der Waals surface area contributed by atoms with Gasteiger partial charge in [-0.3, -0.25) is 4.98 Å². The molecule has 0 saturated heterocycles. The van der Waals surface area contributed by atoms with Gasteiger partial charge in [-0.15, -0.1) is 0 Å². The molecule has 0 radical (unpaired) electrons. The predicted octanol–water partition coefficient (Wildman–Crippen LogP) is 4.54. The van der Waals surface area contributed by atoms with Gasteiger partial charge in [0.2, 0.25) is 0 Å². The highest BCUT2D eigenvalue weighted by molar-refractivity contribution is 5.85. The van der Waals surface area contributed by atoms with Crippen molar-refractivity contribution < 1.29 is 9.13 Å². The molecule has 27 heavy (non-hydrogen) atoms. The van der Waals surface area contributed by atoms with Gasteiger partial charge in [0.05, 0.1) is 5.52 Å². The lowest BCUT2D eigenvalue weighted by molar-refractivity contribution is 0.316. The maximum atomic E-state index is 13.1. The number of H-pyrrole nitrogens is 1. The minimum Gasteiger partial charge on any atom is -0.490 e. The molecular weight excluding hydrogens is 341 g/mol. The van der Waals surface area contributed by atoms with E-state index in [9.17, 15) is 4.39 Å². The highest BCUT2D eigenvalue weighted by Gasteiger charge is 2.03. The Morgan fingerprint density at radius 1 is 1.00 bits per heavy atom. The molecule has 0 saturated carbocycles. The summed E-state index contributed by atoms with van der Waals surface area (Å²) in [5.74, 6) is 0.624. The first-order valence-corrected chi connectivity index (χ1v) is 8.89. The second-order valence-corrected chi connectivity index (χ2v) is 6.31. The molecule has 2 aromatic carbocycles. The molecule has 136 valence electrons. The Morgan fingerprint density at radius 3 is 2.78 bits per heavy atom. The number of hydrogen-bond donors (Lipinski definition) is 2. The number of ether oxygens (including phenoxy) is 1. The molecular formula is C22H20FN3O. The second kappa shape index (κ2) is 8.01. The number of aromatic amines is 1. The van der Waals surface area contributed by atoms with E-state index in [2.05, 4.69) is 27.4 Å². The van der Waals surface area contributed by atoms with Gasteiger partial charge < -0.3 is 15.0 Å². The summed E-state index contributed by atoms with van der Waals surface area (Å²) in [4.78, 5) is 7.49. The Hall–Kier alpha value is -3.18. The zero-order chi connectivity index (χ0) is 18.5. The standard InChI is InChI=1S/C22H20FN3O/c23-20-6-4-17(5-7-20)19-12-16(14-25-15-19)13-24-10-11-27-21-3-1-2-18-8-9-26-22(18)21/h1-9,12,14-15,24,26H,10-11,13H2. The number of para-hydroxylation sites is 1. The monoisotopic (exact) mass is 361 g/mol. The second-order valence-electron chi connectivity index (χ2n) is 6.31. The van der Waals surface area contributed by atoms with Gasteiger partial charge >= 0.3 is 0 Å². The van der Waals surface area contributed by atoms with Crippen LogP contribution in [0.4, 0.5) is 4.39 Å². The maximum Gasteiger partial charge on any atom is 0.143 e. The normalized spacial score (nSPS) is 11.0. The Kier molecular flexibility index (Phi) is 5.12. The predicted molar refractivity (Wildman–Crippen MR) is 105 cm³/mol. The van der Waals surface area contributed by atoms with Crippen LogP contribution in [0.15, 0.2) is 73.2 Å². The van der Waals surface area contributed by atoms with Gasteiger partial charge in [-0.25, -0.2) is 4.39 Å². The van der Waals surface area contributed by atoms with Crippen molar-refractivity contribution in [2.75, 3.05) is 13.2 Å². The smallest absolute Gasteiger partial charge is 0.143 e. The first kappa shape index (κ1) is 17.2. The summed E-state index contributed by atoms with van der Waals surface area (Å²) in [5.41, 5.74) is 4.02. The Labute approximate surface area is 157 Å². The van der Waals surface area contributed by atoms with Crippen LogP contribution in [0.2, 0.25) is 0 Å². The van der Waals surface area contributed by atoms with Crippen molar-refractivity contribution in [3.8, 4) is 16.9 Å². The van der Waals surface area contributed by atoms with Crippen molar-refractivity contribution in [3.05, 3.63) is 84.6 Å². The average Bonchev–Trinajstić information content (AvgIpc) is 3.18. The fourth-order valence-electron chi connectivity index (χ4n) is 3.03. The minimum atomic E-state index is -0.237. The van der Waals surface area contributed by atoms with E-state index in [1.807, 2.05) is 30.6 Å². The lowest BCUT2D eigenvalue weighted by Crippen LogP contribution is -2.20. The number of pyridine rings is 1. The van der Waals surface area contributed by atoms with Crippen LogP contribution in [0.25, 0.3) is 22.0 Å². The van der Waals surface area contributed by atoms with E-state index in [1.165, 1.54) is 12.1 Å². The molecule has 4 nitrogen and oxygen atoms in total. The van der Waals surface area contributed by atoms with Crippen molar-refractivity contribution in [1.29, 1.82) is 0 Å². The Balaban J connectivity index is 1.30. The van der Waals surface area contributed by atoms with Crippen LogP contribution in [0.1, 0.15) is 5.56 Å². The third-order valence-corrected chi connectivity index (χ3v) is 4.39. The lowest BCUT2D eigenvalue weighted by Gasteiger charge is -2.09. The topological polar surface area (TPSA) is 49.9 Å². The van der Waals surface area contributed by atoms with Gasteiger partial charge in [0, 0.05) is 42.6 Å². The van der Waals surface area contributed by atoms with Crippen LogP contribution >= 0.6 is 0 Å². The summed E-state index contributed by atoms with van der Waals surface area (Å²) in [5, 5.41) is 4.51. The number of nitrogens with one attached hydrogen (secondary N) is 2. The molecule has 4 aromatic rings. The molecule has 0 bridgehead atoms. The first-order chi connectivity index (χ1) is 13.3. The summed E-state index contributed by atoms with van der Waals surface area (Å²) in [6, 6.07) is 16.6. The summed E-state index contributed by atoms with van der Waals surface area (Å²) in [6.45, 7) is 1.99. The van der Waals surface area contributed by atoms with Crippen molar-refractivity contribution in [1.82, 2.24) is 15.3 Å². The molecule has 0 atom stereocenters. The van der Waals surface area contributed by atoms with Crippen LogP contribution in [0, 0.1) is 5.82 Å². The van der Waals surface area contributed by atoms with E-state index in [-0.39, 0.29) is 5.82 Å².